The van der Waals surface area contributed by atoms with Crippen molar-refractivity contribution >= 4 is 22.4 Å². The van der Waals surface area contributed by atoms with E-state index < -0.39 is 0 Å². The number of piperidine rings is 1. The van der Waals surface area contributed by atoms with Crippen LogP contribution < -0.4 is 5.32 Å². The summed E-state index contributed by atoms with van der Waals surface area (Å²) in [5.74, 6) is 0.251. The normalized spacial score (nSPS) is 16.4. The summed E-state index contributed by atoms with van der Waals surface area (Å²) in [6.45, 7) is 4.40. The number of aromatic nitrogens is 1. The van der Waals surface area contributed by atoms with Crippen molar-refractivity contribution in [1.29, 1.82) is 0 Å². The van der Waals surface area contributed by atoms with Crippen molar-refractivity contribution in [2.45, 2.75) is 32.2 Å². The first-order valence-corrected chi connectivity index (χ1v) is 8.62. The highest BCUT2D eigenvalue weighted by molar-refractivity contribution is 7.15. The lowest BCUT2D eigenvalue weighted by molar-refractivity contribution is -0.114. The highest BCUT2D eigenvalue weighted by atomic mass is 32.1. The molecule has 0 aliphatic carbocycles. The van der Waals surface area contributed by atoms with Crippen molar-refractivity contribution in [3.05, 3.63) is 46.7 Å². The Morgan fingerprint density at radius 2 is 2.04 bits per heavy atom. The molecule has 3 rings (SSSR count). The number of halogens is 1. The molecule has 1 N–H and O–H groups in total. The number of carbonyl (C=O) groups excluding carboxylic acids is 1. The second kappa shape index (κ2) is 7.19. The summed E-state index contributed by atoms with van der Waals surface area (Å²) in [6, 6.07) is 6.89. The predicted molar refractivity (Wildman–Crippen MR) is 90.1 cm³/mol. The molecule has 0 saturated carbocycles. The number of thiazole rings is 1. The van der Waals surface area contributed by atoms with E-state index in [0.29, 0.717) is 11.0 Å². The molecule has 1 fully saturated rings. The van der Waals surface area contributed by atoms with Gasteiger partial charge >= 0.3 is 0 Å². The summed E-state index contributed by atoms with van der Waals surface area (Å²) >= 11 is 1.53. The van der Waals surface area contributed by atoms with Crippen molar-refractivity contribution < 1.29 is 9.18 Å². The zero-order valence-electron chi connectivity index (χ0n) is 13.1. The standard InChI is InChI=1S/C17H20FN3OS/c1-12(22)20-17-19-10-16(23-17)11-21-8-6-14(7-9-21)13-2-4-15(18)5-3-13/h2-5,10,14H,6-9,11H2,1H3,(H,19,20,22). The van der Waals surface area contributed by atoms with E-state index in [0.717, 1.165) is 37.4 Å². The quantitative estimate of drug-likeness (QED) is 0.929. The van der Waals surface area contributed by atoms with E-state index in [9.17, 15) is 9.18 Å². The highest BCUT2D eigenvalue weighted by Crippen LogP contribution is 2.29. The molecule has 0 bridgehead atoms. The summed E-state index contributed by atoms with van der Waals surface area (Å²) < 4.78 is 13.0. The summed E-state index contributed by atoms with van der Waals surface area (Å²) in [7, 11) is 0. The second-order valence-corrected chi connectivity index (χ2v) is 7.03. The molecule has 1 aliphatic rings. The van der Waals surface area contributed by atoms with Crippen molar-refractivity contribution in [2.75, 3.05) is 18.4 Å². The van der Waals surface area contributed by atoms with Gasteiger partial charge in [-0.1, -0.05) is 12.1 Å². The smallest absolute Gasteiger partial charge is 0.223 e. The minimum atomic E-state index is -0.175. The Hall–Kier alpha value is -1.79. The number of carbonyl (C=O) groups is 1. The molecule has 23 heavy (non-hydrogen) atoms. The molecule has 0 unspecified atom stereocenters. The van der Waals surface area contributed by atoms with Crippen LogP contribution in [-0.4, -0.2) is 28.9 Å². The lowest BCUT2D eigenvalue weighted by atomic mass is 9.89. The molecule has 1 aliphatic heterocycles. The maximum Gasteiger partial charge on any atom is 0.223 e. The first-order chi connectivity index (χ1) is 11.1. The van der Waals surface area contributed by atoms with Crippen molar-refractivity contribution in [1.82, 2.24) is 9.88 Å². The van der Waals surface area contributed by atoms with Crippen molar-refractivity contribution in [3.8, 4) is 0 Å². The first-order valence-electron chi connectivity index (χ1n) is 7.80. The van der Waals surface area contributed by atoms with Crippen LogP contribution in [0.5, 0.6) is 0 Å². The second-order valence-electron chi connectivity index (χ2n) is 5.91. The van der Waals surface area contributed by atoms with Gasteiger partial charge in [-0.05, 0) is 49.5 Å². The van der Waals surface area contributed by atoms with Gasteiger partial charge in [-0.25, -0.2) is 9.37 Å². The number of hydrogen-bond acceptors (Lipinski definition) is 4. The molecule has 0 atom stereocenters. The molecule has 0 spiro atoms. The molecule has 4 nitrogen and oxygen atoms in total. The van der Waals surface area contributed by atoms with Crippen molar-refractivity contribution in [3.63, 3.8) is 0 Å². The summed E-state index contributed by atoms with van der Waals surface area (Å²) in [5.41, 5.74) is 1.23. The fraction of sp³-hybridized carbons (Fsp3) is 0.412. The van der Waals surface area contributed by atoms with Gasteiger partial charge in [-0.15, -0.1) is 11.3 Å². The summed E-state index contributed by atoms with van der Waals surface area (Å²) in [5, 5.41) is 3.38. The minimum absolute atomic E-state index is 0.0917. The Morgan fingerprint density at radius 1 is 1.35 bits per heavy atom. The summed E-state index contributed by atoms with van der Waals surface area (Å²) in [4.78, 5) is 18.8. The molecular formula is C17H20FN3OS. The van der Waals surface area contributed by atoms with E-state index in [1.807, 2.05) is 18.3 Å². The zero-order valence-corrected chi connectivity index (χ0v) is 13.9. The topological polar surface area (TPSA) is 45.2 Å². The molecular weight excluding hydrogens is 313 g/mol. The Labute approximate surface area is 139 Å². The summed E-state index contributed by atoms with van der Waals surface area (Å²) in [6.07, 6.45) is 4.01. The third-order valence-electron chi connectivity index (χ3n) is 4.14. The van der Waals surface area contributed by atoms with Crippen LogP contribution in [0.3, 0.4) is 0 Å². The Balaban J connectivity index is 1.52. The first kappa shape index (κ1) is 16.1. The van der Waals surface area contributed by atoms with Gasteiger partial charge in [0, 0.05) is 24.5 Å². The third kappa shape index (κ3) is 4.36. The molecule has 2 aromatic rings. The Kier molecular flexibility index (Phi) is 5.03. The maximum atomic E-state index is 13.0. The number of likely N-dealkylation sites (tertiary alicyclic amines) is 1. The van der Waals surface area contributed by atoms with Crippen LogP contribution >= 0.6 is 11.3 Å². The third-order valence-corrected chi connectivity index (χ3v) is 5.04. The maximum absolute atomic E-state index is 13.0. The van der Waals surface area contributed by atoms with E-state index >= 15 is 0 Å². The molecule has 1 aromatic carbocycles. The molecule has 6 heteroatoms. The molecule has 1 aromatic heterocycles. The largest absolute Gasteiger partial charge is 0.302 e. The number of hydrogen-bond donors (Lipinski definition) is 1. The molecule has 1 amide bonds. The van der Waals surface area contributed by atoms with Crippen molar-refractivity contribution in [2.24, 2.45) is 0 Å². The van der Waals surface area contributed by atoms with E-state index in [1.165, 1.54) is 23.8 Å². The number of rotatable bonds is 4. The number of nitrogens with one attached hydrogen (secondary N) is 1. The number of anilines is 1. The van der Waals surface area contributed by atoms with E-state index in [4.69, 9.17) is 0 Å². The lowest BCUT2D eigenvalue weighted by Crippen LogP contribution is -2.32. The van der Waals surface area contributed by atoms with Crippen LogP contribution in [0.25, 0.3) is 0 Å². The predicted octanol–water partition coefficient (Wildman–Crippen LogP) is 3.62. The Bertz CT molecular complexity index is 663. The molecule has 0 radical (unpaired) electrons. The average Bonchev–Trinajstić information content (AvgIpc) is 2.95. The highest BCUT2D eigenvalue weighted by Gasteiger charge is 2.21. The molecule has 1 saturated heterocycles. The van der Waals surface area contributed by atoms with Gasteiger partial charge in [0.25, 0.3) is 0 Å². The minimum Gasteiger partial charge on any atom is -0.302 e. The number of nitrogens with zero attached hydrogens (tertiary/aromatic N) is 2. The van der Waals surface area contributed by atoms with Crippen LogP contribution in [0, 0.1) is 5.82 Å². The van der Waals surface area contributed by atoms with E-state index in [1.54, 1.807) is 12.1 Å². The van der Waals surface area contributed by atoms with Gasteiger partial charge in [0.05, 0.1) is 0 Å². The van der Waals surface area contributed by atoms with Crippen LogP contribution in [-0.2, 0) is 11.3 Å². The van der Waals surface area contributed by atoms with Crippen LogP contribution in [0.15, 0.2) is 30.5 Å². The number of benzene rings is 1. The zero-order chi connectivity index (χ0) is 16.2. The Morgan fingerprint density at radius 3 is 2.70 bits per heavy atom. The van der Waals surface area contributed by atoms with Gasteiger partial charge in [-0.2, -0.15) is 0 Å². The molecule has 122 valence electrons. The van der Waals surface area contributed by atoms with Gasteiger partial charge in [0.15, 0.2) is 5.13 Å². The van der Waals surface area contributed by atoms with Gasteiger partial charge in [-0.3, -0.25) is 9.69 Å². The lowest BCUT2D eigenvalue weighted by Gasteiger charge is -2.31. The monoisotopic (exact) mass is 333 g/mol. The fourth-order valence-electron chi connectivity index (χ4n) is 2.97. The average molecular weight is 333 g/mol. The van der Waals surface area contributed by atoms with Crippen LogP contribution in [0.4, 0.5) is 9.52 Å². The van der Waals surface area contributed by atoms with E-state index in [2.05, 4.69) is 15.2 Å². The molecule has 2 heterocycles. The number of amides is 1. The SMILES string of the molecule is CC(=O)Nc1ncc(CN2CCC(c3ccc(F)cc3)CC2)s1. The van der Waals surface area contributed by atoms with Crippen LogP contribution in [0.1, 0.15) is 36.1 Å². The van der Waals surface area contributed by atoms with Gasteiger partial charge < -0.3 is 5.32 Å². The van der Waals surface area contributed by atoms with Crippen LogP contribution in [0.2, 0.25) is 0 Å². The van der Waals surface area contributed by atoms with E-state index in [-0.39, 0.29) is 11.7 Å². The fourth-order valence-corrected chi connectivity index (χ4v) is 3.87. The van der Waals surface area contributed by atoms with Gasteiger partial charge in [0.1, 0.15) is 5.82 Å². The van der Waals surface area contributed by atoms with Gasteiger partial charge in [0.2, 0.25) is 5.91 Å².